The van der Waals surface area contributed by atoms with Gasteiger partial charge in [0.15, 0.2) is 5.69 Å². The Morgan fingerprint density at radius 2 is 2.04 bits per heavy atom. The average Bonchev–Trinajstić information content (AvgIpc) is 3.00. The van der Waals surface area contributed by atoms with Crippen LogP contribution in [-0.4, -0.2) is 35.9 Å². The Hall–Kier alpha value is -3.26. The van der Waals surface area contributed by atoms with Crippen molar-refractivity contribution in [1.82, 2.24) is 19.7 Å². The summed E-state index contributed by atoms with van der Waals surface area (Å²) in [6.45, 7) is -0.00912. The van der Waals surface area contributed by atoms with E-state index in [9.17, 15) is 9.90 Å². The first kappa shape index (κ1) is 16.2. The Bertz CT molecular complexity index is 995. The average molecular weight is 351 g/mol. The van der Waals surface area contributed by atoms with Crippen molar-refractivity contribution in [3.63, 3.8) is 0 Å². The first-order chi connectivity index (χ1) is 12.6. The fourth-order valence-corrected chi connectivity index (χ4v) is 3.21. The summed E-state index contributed by atoms with van der Waals surface area (Å²) in [7, 11) is 1.73. The minimum absolute atomic E-state index is 0.00912. The number of carboxylic acid groups (broad SMARTS) is 1. The molecular weight excluding hydrogens is 334 g/mol. The van der Waals surface area contributed by atoms with Gasteiger partial charge in [-0.25, -0.2) is 14.8 Å². The number of aliphatic hydroxyl groups excluding tert-OH is 1. The molecule has 0 atom stereocenters. The van der Waals surface area contributed by atoms with E-state index in [0.717, 1.165) is 22.5 Å². The summed E-state index contributed by atoms with van der Waals surface area (Å²) in [6.07, 6.45) is 3.06. The van der Waals surface area contributed by atoms with Gasteiger partial charge >= 0.3 is 5.97 Å². The smallest absolute Gasteiger partial charge is 0.356 e. The normalized spacial score (nSPS) is 12.4. The highest BCUT2D eigenvalue weighted by Gasteiger charge is 2.28. The minimum Gasteiger partial charge on any atom is -0.476 e. The van der Waals surface area contributed by atoms with Gasteiger partial charge in [-0.2, -0.15) is 5.10 Å². The Labute approximate surface area is 149 Å². The number of hydrogen-bond acceptors (Lipinski definition) is 6. The summed E-state index contributed by atoms with van der Waals surface area (Å²) in [5, 5.41) is 25.7. The predicted molar refractivity (Wildman–Crippen MR) is 94.2 cm³/mol. The van der Waals surface area contributed by atoms with Gasteiger partial charge in [-0.15, -0.1) is 0 Å². The number of rotatable bonds is 4. The second-order valence-electron chi connectivity index (χ2n) is 6.15. The predicted octanol–water partition coefficient (Wildman–Crippen LogP) is 1.91. The van der Waals surface area contributed by atoms with E-state index < -0.39 is 5.97 Å². The number of hydrogen-bond donors (Lipinski definition) is 3. The molecule has 8 nitrogen and oxygen atoms in total. The van der Waals surface area contributed by atoms with E-state index in [0.29, 0.717) is 30.0 Å². The number of carboxylic acids is 1. The molecule has 0 saturated heterocycles. The fourth-order valence-electron chi connectivity index (χ4n) is 3.21. The first-order valence-corrected chi connectivity index (χ1v) is 8.19. The third-order valence-electron chi connectivity index (χ3n) is 4.47. The zero-order valence-electron chi connectivity index (χ0n) is 14.1. The van der Waals surface area contributed by atoms with Crippen LogP contribution in [0.25, 0.3) is 11.4 Å². The molecule has 3 N–H and O–H groups in total. The molecule has 0 fully saturated rings. The molecule has 1 aliphatic rings. The molecule has 3 aromatic rings. The van der Waals surface area contributed by atoms with Crippen molar-refractivity contribution >= 4 is 17.6 Å². The van der Waals surface area contributed by atoms with Crippen LogP contribution in [0.5, 0.6) is 0 Å². The molecule has 1 aliphatic carbocycles. The molecule has 1 aromatic carbocycles. The first-order valence-electron chi connectivity index (χ1n) is 8.19. The lowest BCUT2D eigenvalue weighted by molar-refractivity contribution is 0.0688. The highest BCUT2D eigenvalue weighted by molar-refractivity contribution is 5.90. The van der Waals surface area contributed by atoms with E-state index >= 15 is 0 Å². The van der Waals surface area contributed by atoms with Gasteiger partial charge in [-0.3, -0.25) is 4.68 Å². The lowest BCUT2D eigenvalue weighted by Gasteiger charge is -2.17. The van der Waals surface area contributed by atoms with E-state index in [-0.39, 0.29) is 12.3 Å². The molecule has 8 heteroatoms. The molecular formula is C18H17N5O3. The van der Waals surface area contributed by atoms with Crippen LogP contribution in [0, 0.1) is 0 Å². The zero-order valence-corrected chi connectivity index (χ0v) is 14.1. The molecule has 0 bridgehead atoms. The van der Waals surface area contributed by atoms with Crippen LogP contribution in [0.2, 0.25) is 0 Å². The maximum atomic E-state index is 11.4. The number of aryl methyl sites for hydroxylation is 2. The van der Waals surface area contributed by atoms with E-state index in [1.165, 1.54) is 0 Å². The summed E-state index contributed by atoms with van der Waals surface area (Å²) in [4.78, 5) is 20.4. The van der Waals surface area contributed by atoms with Crippen molar-refractivity contribution < 1.29 is 15.0 Å². The number of nitrogens with zero attached hydrogens (tertiary/aromatic N) is 4. The molecule has 2 heterocycles. The van der Waals surface area contributed by atoms with Gasteiger partial charge < -0.3 is 15.5 Å². The number of benzene rings is 1. The van der Waals surface area contributed by atoms with Gasteiger partial charge in [0.25, 0.3) is 0 Å². The largest absolute Gasteiger partial charge is 0.476 e. The molecule has 26 heavy (non-hydrogen) atoms. The summed E-state index contributed by atoms with van der Waals surface area (Å²) >= 11 is 0. The fraction of sp³-hybridized carbons (Fsp3) is 0.222. The number of anilines is 2. The van der Waals surface area contributed by atoms with Crippen molar-refractivity contribution in [2.75, 3.05) is 5.32 Å². The van der Waals surface area contributed by atoms with Gasteiger partial charge in [0.2, 0.25) is 5.95 Å². The molecule has 2 aromatic heterocycles. The van der Waals surface area contributed by atoms with Crippen LogP contribution in [0.15, 0.2) is 30.5 Å². The highest BCUT2D eigenvalue weighted by atomic mass is 16.4. The second-order valence-corrected chi connectivity index (χ2v) is 6.15. The second kappa shape index (κ2) is 6.23. The highest BCUT2D eigenvalue weighted by Crippen LogP contribution is 2.34. The number of aromatic carboxylic acids is 1. The van der Waals surface area contributed by atoms with Crippen LogP contribution < -0.4 is 5.32 Å². The van der Waals surface area contributed by atoms with Crippen LogP contribution in [0.1, 0.15) is 27.2 Å². The topological polar surface area (TPSA) is 113 Å². The number of nitrogens with one attached hydrogen (secondary N) is 1. The van der Waals surface area contributed by atoms with Crippen molar-refractivity contribution in [3.8, 4) is 11.4 Å². The number of carbonyl (C=O) groups is 1. The molecule has 0 aliphatic heterocycles. The molecule has 132 valence electrons. The summed E-state index contributed by atoms with van der Waals surface area (Å²) in [5.41, 5.74) is 4.82. The van der Waals surface area contributed by atoms with Gasteiger partial charge in [0.1, 0.15) is 0 Å². The van der Waals surface area contributed by atoms with E-state index in [2.05, 4.69) is 20.4 Å². The van der Waals surface area contributed by atoms with Crippen molar-refractivity contribution in [2.24, 2.45) is 7.05 Å². The quantitative estimate of drug-likeness (QED) is 0.658. The molecule has 4 rings (SSSR count). The van der Waals surface area contributed by atoms with E-state index in [1.807, 2.05) is 24.3 Å². The maximum Gasteiger partial charge on any atom is 0.356 e. The molecule has 0 amide bonds. The Balaban J connectivity index is 1.72. The molecule has 0 unspecified atom stereocenters. The Kier molecular flexibility index (Phi) is 3.89. The molecule has 0 spiro atoms. The van der Waals surface area contributed by atoms with Gasteiger partial charge in [-0.05, 0) is 36.1 Å². The Morgan fingerprint density at radius 3 is 2.73 bits per heavy atom. The van der Waals surface area contributed by atoms with Crippen LogP contribution in [-0.2, 0) is 26.5 Å². The van der Waals surface area contributed by atoms with Crippen molar-refractivity contribution in [3.05, 3.63) is 52.8 Å². The summed E-state index contributed by atoms with van der Waals surface area (Å²) in [6, 6.07) is 7.32. The summed E-state index contributed by atoms with van der Waals surface area (Å²) < 4.78 is 1.57. The summed E-state index contributed by atoms with van der Waals surface area (Å²) in [5.74, 6) is -0.604. The van der Waals surface area contributed by atoms with Gasteiger partial charge in [0.05, 0.1) is 18.0 Å². The third-order valence-corrected chi connectivity index (χ3v) is 4.47. The molecule has 0 saturated carbocycles. The third kappa shape index (κ3) is 2.70. The monoisotopic (exact) mass is 351 g/mol. The number of fused-ring (bicyclic) bond motifs is 3. The van der Waals surface area contributed by atoms with Crippen molar-refractivity contribution in [1.29, 1.82) is 0 Å². The number of aromatic nitrogens is 4. The molecule has 0 radical (unpaired) electrons. The van der Waals surface area contributed by atoms with Gasteiger partial charge in [0, 0.05) is 24.5 Å². The van der Waals surface area contributed by atoms with Crippen LogP contribution >= 0.6 is 0 Å². The standard InChI is InChI=1S/C18H17N5O3/c1-23-16-13(15(22-23)17(25)26)7-4-11-8-19-18(21-14(11)16)20-12-5-2-10(9-24)3-6-12/h2-3,5-6,8,24H,4,7,9H2,1H3,(H,25,26)(H,19,20,21). The minimum atomic E-state index is -1.03. The van der Waals surface area contributed by atoms with Gasteiger partial charge in [-0.1, -0.05) is 12.1 Å². The lowest BCUT2D eigenvalue weighted by Crippen LogP contribution is -2.11. The van der Waals surface area contributed by atoms with Crippen molar-refractivity contribution in [2.45, 2.75) is 19.4 Å². The lowest BCUT2D eigenvalue weighted by atomic mass is 9.93. The van der Waals surface area contributed by atoms with E-state index in [1.54, 1.807) is 17.9 Å². The SMILES string of the molecule is Cn1nc(C(=O)O)c2c1-c1nc(Nc3ccc(CO)cc3)ncc1CC2. The zero-order chi connectivity index (χ0) is 18.3. The van der Waals surface area contributed by atoms with E-state index in [4.69, 9.17) is 5.11 Å². The van der Waals surface area contributed by atoms with Crippen LogP contribution in [0.3, 0.4) is 0 Å². The Morgan fingerprint density at radius 1 is 1.27 bits per heavy atom. The van der Waals surface area contributed by atoms with Crippen LogP contribution in [0.4, 0.5) is 11.6 Å². The number of aliphatic hydroxyl groups is 1. The maximum absolute atomic E-state index is 11.4.